The van der Waals surface area contributed by atoms with E-state index in [0.29, 0.717) is 0 Å². The van der Waals surface area contributed by atoms with E-state index in [2.05, 4.69) is 20.0 Å². The van der Waals surface area contributed by atoms with E-state index in [1.165, 1.54) is 12.3 Å². The Morgan fingerprint density at radius 1 is 1.41 bits per heavy atom. The lowest BCUT2D eigenvalue weighted by Crippen LogP contribution is -2.14. The molecule has 0 aliphatic heterocycles. The summed E-state index contributed by atoms with van der Waals surface area (Å²) in [5.74, 6) is 0.285. The summed E-state index contributed by atoms with van der Waals surface area (Å²) in [6.45, 7) is 3.92. The van der Waals surface area contributed by atoms with E-state index in [-0.39, 0.29) is 16.9 Å². The number of hydrogen-bond acceptors (Lipinski definition) is 4. The maximum Gasteiger partial charge on any atom is 0.280 e. The van der Waals surface area contributed by atoms with Crippen LogP contribution in [0.1, 0.15) is 19.9 Å². The standard InChI is InChI=1S/C9H13N5O2S/c1-7(2)14-6-4-8(12-14)13-17(15,16)9-3-5-10-11-9/h3-7H,1-2H3,(H,10,11)(H,12,13). The van der Waals surface area contributed by atoms with Crippen LogP contribution in [0.5, 0.6) is 0 Å². The van der Waals surface area contributed by atoms with E-state index < -0.39 is 10.0 Å². The minimum Gasteiger partial charge on any atom is -0.268 e. The van der Waals surface area contributed by atoms with E-state index >= 15 is 0 Å². The smallest absolute Gasteiger partial charge is 0.268 e. The van der Waals surface area contributed by atoms with Crippen LogP contribution >= 0.6 is 0 Å². The summed E-state index contributed by atoms with van der Waals surface area (Å²) in [6.07, 6.45) is 3.09. The van der Waals surface area contributed by atoms with Crippen molar-refractivity contribution in [3.63, 3.8) is 0 Å². The molecule has 2 heterocycles. The Balaban J connectivity index is 2.21. The molecule has 0 unspecified atom stereocenters. The Morgan fingerprint density at radius 3 is 2.71 bits per heavy atom. The predicted octanol–water partition coefficient (Wildman–Crippen LogP) is 0.988. The van der Waals surface area contributed by atoms with Gasteiger partial charge in [-0.2, -0.15) is 18.6 Å². The molecular weight excluding hydrogens is 242 g/mol. The molecule has 2 aromatic heterocycles. The van der Waals surface area contributed by atoms with Gasteiger partial charge in [0, 0.05) is 18.3 Å². The molecular formula is C9H13N5O2S. The molecule has 0 atom stereocenters. The van der Waals surface area contributed by atoms with Crippen molar-refractivity contribution >= 4 is 15.8 Å². The second-order valence-electron chi connectivity index (χ2n) is 3.80. The number of sulfonamides is 1. The van der Waals surface area contributed by atoms with Gasteiger partial charge < -0.3 is 0 Å². The van der Waals surface area contributed by atoms with Gasteiger partial charge in [-0.1, -0.05) is 0 Å². The fourth-order valence-corrected chi connectivity index (χ4v) is 2.17. The minimum absolute atomic E-state index is 0.0107. The first-order valence-corrected chi connectivity index (χ1v) is 6.55. The largest absolute Gasteiger partial charge is 0.280 e. The van der Waals surface area contributed by atoms with Gasteiger partial charge in [0.25, 0.3) is 10.0 Å². The number of nitrogens with zero attached hydrogens (tertiary/aromatic N) is 3. The lowest BCUT2D eigenvalue weighted by Gasteiger charge is -2.05. The molecule has 0 saturated heterocycles. The fraction of sp³-hybridized carbons (Fsp3) is 0.333. The molecule has 0 amide bonds. The molecule has 2 N–H and O–H groups in total. The maximum absolute atomic E-state index is 11.8. The van der Waals surface area contributed by atoms with Gasteiger partial charge in [0.15, 0.2) is 10.8 Å². The van der Waals surface area contributed by atoms with Gasteiger partial charge in [-0.15, -0.1) is 0 Å². The third kappa shape index (κ3) is 2.47. The highest BCUT2D eigenvalue weighted by Crippen LogP contribution is 2.13. The highest BCUT2D eigenvalue weighted by Gasteiger charge is 2.16. The molecule has 0 bridgehead atoms. The van der Waals surface area contributed by atoms with E-state index in [4.69, 9.17) is 0 Å². The van der Waals surface area contributed by atoms with Gasteiger partial charge in [-0.25, -0.2) is 0 Å². The number of aromatic nitrogens is 4. The van der Waals surface area contributed by atoms with Crippen LogP contribution in [0.2, 0.25) is 0 Å². The summed E-state index contributed by atoms with van der Waals surface area (Å²) < 4.78 is 27.7. The number of anilines is 1. The Morgan fingerprint density at radius 2 is 2.18 bits per heavy atom. The van der Waals surface area contributed by atoms with Gasteiger partial charge >= 0.3 is 0 Å². The Bertz CT molecular complexity index is 585. The number of nitrogens with one attached hydrogen (secondary N) is 2. The summed E-state index contributed by atoms with van der Waals surface area (Å²) >= 11 is 0. The number of hydrogen-bond donors (Lipinski definition) is 2. The van der Waals surface area contributed by atoms with Crippen LogP contribution in [-0.4, -0.2) is 28.4 Å². The van der Waals surface area contributed by atoms with Crippen molar-refractivity contribution in [1.29, 1.82) is 0 Å². The summed E-state index contributed by atoms with van der Waals surface area (Å²) in [5.41, 5.74) is 0. The second kappa shape index (κ2) is 4.21. The number of H-pyrrole nitrogens is 1. The van der Waals surface area contributed by atoms with Crippen LogP contribution in [-0.2, 0) is 10.0 Å². The molecule has 0 aliphatic rings. The molecule has 8 heteroatoms. The van der Waals surface area contributed by atoms with Gasteiger partial charge in [-0.05, 0) is 19.9 Å². The molecule has 0 aromatic carbocycles. The third-order valence-electron chi connectivity index (χ3n) is 2.14. The third-order valence-corrected chi connectivity index (χ3v) is 3.43. The van der Waals surface area contributed by atoms with Crippen molar-refractivity contribution in [3.05, 3.63) is 24.5 Å². The van der Waals surface area contributed by atoms with Crippen LogP contribution in [0.25, 0.3) is 0 Å². The first-order valence-electron chi connectivity index (χ1n) is 5.06. The van der Waals surface area contributed by atoms with Gasteiger partial charge in [-0.3, -0.25) is 14.5 Å². The molecule has 0 fully saturated rings. The average Bonchev–Trinajstić information content (AvgIpc) is 2.85. The fourth-order valence-electron chi connectivity index (χ4n) is 1.27. The van der Waals surface area contributed by atoms with E-state index in [1.54, 1.807) is 16.9 Å². The van der Waals surface area contributed by atoms with Crippen molar-refractivity contribution in [1.82, 2.24) is 20.0 Å². The summed E-state index contributed by atoms with van der Waals surface area (Å²) in [5, 5.41) is 10.1. The van der Waals surface area contributed by atoms with Crippen molar-refractivity contribution < 1.29 is 8.42 Å². The van der Waals surface area contributed by atoms with Crippen molar-refractivity contribution in [3.8, 4) is 0 Å². The van der Waals surface area contributed by atoms with Crippen molar-refractivity contribution in [2.45, 2.75) is 24.9 Å². The lowest BCUT2D eigenvalue weighted by atomic mass is 10.4. The van der Waals surface area contributed by atoms with Crippen molar-refractivity contribution in [2.24, 2.45) is 0 Å². The van der Waals surface area contributed by atoms with Gasteiger partial charge in [0.1, 0.15) is 0 Å². The zero-order valence-corrected chi connectivity index (χ0v) is 10.3. The monoisotopic (exact) mass is 255 g/mol. The van der Waals surface area contributed by atoms with Crippen LogP contribution in [0.4, 0.5) is 5.82 Å². The minimum atomic E-state index is -3.63. The molecule has 2 rings (SSSR count). The predicted molar refractivity (Wildman–Crippen MR) is 62.0 cm³/mol. The molecule has 0 radical (unpaired) electrons. The molecule has 0 spiro atoms. The second-order valence-corrected chi connectivity index (χ2v) is 5.45. The molecule has 92 valence electrons. The van der Waals surface area contributed by atoms with Crippen LogP contribution in [0.3, 0.4) is 0 Å². The molecule has 2 aromatic rings. The van der Waals surface area contributed by atoms with Crippen LogP contribution in [0.15, 0.2) is 29.6 Å². The highest BCUT2D eigenvalue weighted by atomic mass is 32.2. The zero-order valence-electron chi connectivity index (χ0n) is 9.45. The molecule has 17 heavy (non-hydrogen) atoms. The first kappa shape index (κ1) is 11.6. The summed E-state index contributed by atoms with van der Waals surface area (Å²) in [7, 11) is -3.63. The average molecular weight is 255 g/mol. The number of aromatic amines is 1. The topological polar surface area (TPSA) is 92.7 Å². The van der Waals surface area contributed by atoms with Gasteiger partial charge in [0.2, 0.25) is 0 Å². The summed E-state index contributed by atoms with van der Waals surface area (Å²) in [6, 6.07) is 3.16. The molecule has 0 saturated carbocycles. The highest BCUT2D eigenvalue weighted by molar-refractivity contribution is 7.92. The Hall–Kier alpha value is -1.83. The van der Waals surface area contributed by atoms with Crippen LogP contribution < -0.4 is 4.72 Å². The Labute approximate surface area is 98.9 Å². The quantitative estimate of drug-likeness (QED) is 0.852. The molecule has 7 nitrogen and oxygen atoms in total. The lowest BCUT2D eigenvalue weighted by molar-refractivity contribution is 0.534. The van der Waals surface area contributed by atoms with E-state index in [9.17, 15) is 8.42 Å². The summed E-state index contributed by atoms with van der Waals surface area (Å²) in [4.78, 5) is 0. The van der Waals surface area contributed by atoms with E-state index in [0.717, 1.165) is 0 Å². The van der Waals surface area contributed by atoms with Crippen LogP contribution in [0, 0.1) is 0 Å². The zero-order chi connectivity index (χ0) is 12.5. The Kier molecular flexibility index (Phi) is 2.88. The van der Waals surface area contributed by atoms with Crippen molar-refractivity contribution in [2.75, 3.05) is 4.72 Å². The number of rotatable bonds is 4. The first-order chi connectivity index (χ1) is 7.99. The maximum atomic E-state index is 11.8. The SMILES string of the molecule is CC(C)n1ccc(NS(=O)(=O)c2ccn[nH]2)n1. The van der Waals surface area contributed by atoms with E-state index in [1.807, 2.05) is 13.8 Å². The normalized spacial score (nSPS) is 11.9. The molecule has 0 aliphatic carbocycles. The van der Waals surface area contributed by atoms with Gasteiger partial charge in [0.05, 0.1) is 6.20 Å².